The monoisotopic (exact) mass is 446 g/mol. The first-order valence-corrected chi connectivity index (χ1v) is 11.3. The summed E-state index contributed by atoms with van der Waals surface area (Å²) in [6.07, 6.45) is -1.98. The van der Waals surface area contributed by atoms with Crippen molar-refractivity contribution in [3.8, 4) is 11.1 Å². The predicted octanol–water partition coefficient (Wildman–Crippen LogP) is 4.47. The molecule has 3 fully saturated rings. The van der Waals surface area contributed by atoms with Gasteiger partial charge in [-0.1, -0.05) is 36.4 Å². The Morgan fingerprint density at radius 2 is 1.81 bits per heavy atom. The van der Waals surface area contributed by atoms with Crippen LogP contribution < -0.4 is 5.32 Å². The maximum absolute atomic E-state index is 13.8. The Labute approximate surface area is 186 Å². The minimum absolute atomic E-state index is 0.236. The van der Waals surface area contributed by atoms with Crippen LogP contribution in [0.4, 0.5) is 13.2 Å². The zero-order chi connectivity index (χ0) is 22.2. The van der Waals surface area contributed by atoms with Crippen molar-refractivity contribution < 1.29 is 22.6 Å². The van der Waals surface area contributed by atoms with Crippen molar-refractivity contribution in [2.75, 3.05) is 39.4 Å². The lowest BCUT2D eigenvalue weighted by Gasteiger charge is -2.28. The minimum Gasteiger partial charge on any atom is -0.381 e. The number of alkyl halides is 3. The molecule has 2 saturated heterocycles. The van der Waals surface area contributed by atoms with E-state index in [0.29, 0.717) is 24.3 Å². The summed E-state index contributed by atoms with van der Waals surface area (Å²) >= 11 is 0. The average molecular weight is 447 g/mol. The van der Waals surface area contributed by atoms with Gasteiger partial charge in [0.1, 0.15) is 0 Å². The molecule has 5 rings (SSSR count). The highest BCUT2D eigenvalue weighted by molar-refractivity contribution is 5.65. The van der Waals surface area contributed by atoms with E-state index in [2.05, 4.69) is 10.2 Å². The highest BCUT2D eigenvalue weighted by Crippen LogP contribution is 2.54. The van der Waals surface area contributed by atoms with Crippen LogP contribution in [0.1, 0.15) is 29.5 Å². The van der Waals surface area contributed by atoms with E-state index >= 15 is 0 Å². The number of ether oxygens (including phenoxy) is 2. The van der Waals surface area contributed by atoms with Gasteiger partial charge in [0.2, 0.25) is 0 Å². The third kappa shape index (κ3) is 4.71. The van der Waals surface area contributed by atoms with E-state index < -0.39 is 11.7 Å². The molecule has 2 aromatic rings. The summed E-state index contributed by atoms with van der Waals surface area (Å²) in [6, 6.07) is 12.4. The van der Waals surface area contributed by atoms with E-state index in [1.54, 1.807) is 12.1 Å². The molecule has 2 unspecified atom stereocenters. The standard InChI is InChI=1S/C25H29F3N2O2/c26-25(27,28)22-13-20(5-6-21(22)15-30-10-8-29-9-11-30)19-3-1-18(2-4-19)16-32-23-14-24(23)7-12-31-17-24/h1-6,13,23,29H,7-12,14-17H2. The quantitative estimate of drug-likeness (QED) is 0.710. The fraction of sp³-hybridized carbons (Fsp3) is 0.520. The fourth-order valence-corrected chi connectivity index (χ4v) is 4.84. The van der Waals surface area contributed by atoms with E-state index in [-0.39, 0.29) is 11.5 Å². The number of piperazine rings is 1. The van der Waals surface area contributed by atoms with Crippen molar-refractivity contribution in [3.05, 3.63) is 59.2 Å². The number of nitrogens with zero attached hydrogens (tertiary/aromatic N) is 1. The lowest BCUT2D eigenvalue weighted by molar-refractivity contribution is -0.138. The van der Waals surface area contributed by atoms with Crippen molar-refractivity contribution >= 4 is 0 Å². The van der Waals surface area contributed by atoms with E-state index in [4.69, 9.17) is 9.47 Å². The van der Waals surface area contributed by atoms with Gasteiger partial charge in [0.15, 0.2) is 0 Å². The number of hydrogen-bond acceptors (Lipinski definition) is 4. The van der Waals surface area contributed by atoms with Gasteiger partial charge in [-0.15, -0.1) is 0 Å². The van der Waals surface area contributed by atoms with Crippen LogP contribution in [0.5, 0.6) is 0 Å². The van der Waals surface area contributed by atoms with E-state index in [0.717, 1.165) is 63.4 Å². The van der Waals surface area contributed by atoms with E-state index in [1.807, 2.05) is 24.3 Å². The predicted molar refractivity (Wildman–Crippen MR) is 116 cm³/mol. The molecule has 0 amide bonds. The average Bonchev–Trinajstić information content (AvgIpc) is 3.25. The molecule has 7 heteroatoms. The molecule has 0 bridgehead atoms. The van der Waals surface area contributed by atoms with Crippen LogP contribution in [0.3, 0.4) is 0 Å². The number of benzene rings is 2. The highest BCUT2D eigenvalue weighted by Gasteiger charge is 2.57. The summed E-state index contributed by atoms with van der Waals surface area (Å²) in [5.41, 5.74) is 2.42. The van der Waals surface area contributed by atoms with Crippen LogP contribution in [-0.4, -0.2) is 50.4 Å². The first-order chi connectivity index (χ1) is 15.4. The Bertz CT molecular complexity index is 933. The Hall–Kier alpha value is -1.93. The summed E-state index contributed by atoms with van der Waals surface area (Å²) in [5, 5.41) is 3.23. The number of nitrogens with one attached hydrogen (secondary N) is 1. The lowest BCUT2D eigenvalue weighted by Crippen LogP contribution is -2.43. The summed E-state index contributed by atoms with van der Waals surface area (Å²) < 4.78 is 53.0. The van der Waals surface area contributed by atoms with Crippen LogP contribution in [-0.2, 0) is 28.8 Å². The van der Waals surface area contributed by atoms with Crippen molar-refractivity contribution in [3.63, 3.8) is 0 Å². The first kappa shape index (κ1) is 21.9. The Morgan fingerprint density at radius 3 is 2.50 bits per heavy atom. The number of hydrogen-bond donors (Lipinski definition) is 1. The summed E-state index contributed by atoms with van der Waals surface area (Å²) in [5.74, 6) is 0. The van der Waals surface area contributed by atoms with Crippen LogP contribution in [0.15, 0.2) is 42.5 Å². The van der Waals surface area contributed by atoms with Gasteiger partial charge in [-0.05, 0) is 41.2 Å². The lowest BCUT2D eigenvalue weighted by atomic mass is 9.97. The van der Waals surface area contributed by atoms with Crippen LogP contribution >= 0.6 is 0 Å². The van der Waals surface area contributed by atoms with Gasteiger partial charge in [-0.25, -0.2) is 0 Å². The summed E-state index contributed by atoms with van der Waals surface area (Å²) in [7, 11) is 0. The third-order valence-electron chi connectivity index (χ3n) is 7.01. The molecule has 4 nitrogen and oxygen atoms in total. The topological polar surface area (TPSA) is 33.7 Å². The molecule has 1 spiro atoms. The largest absolute Gasteiger partial charge is 0.416 e. The molecule has 2 aliphatic heterocycles. The Balaban J connectivity index is 1.27. The third-order valence-corrected chi connectivity index (χ3v) is 7.01. The molecule has 1 N–H and O–H groups in total. The SMILES string of the molecule is FC(F)(F)c1cc(-c2ccc(COC3CC34CCOC4)cc2)ccc1CN1CCNCC1. The maximum atomic E-state index is 13.8. The van der Waals surface area contributed by atoms with Crippen LogP contribution in [0.25, 0.3) is 11.1 Å². The van der Waals surface area contributed by atoms with E-state index in [9.17, 15) is 13.2 Å². The fourth-order valence-electron chi connectivity index (χ4n) is 4.84. The molecule has 0 radical (unpaired) electrons. The first-order valence-electron chi connectivity index (χ1n) is 11.3. The second kappa shape index (κ2) is 8.78. The molecule has 172 valence electrons. The summed E-state index contributed by atoms with van der Waals surface area (Å²) in [4.78, 5) is 2.07. The summed E-state index contributed by atoms with van der Waals surface area (Å²) in [6.45, 7) is 5.60. The van der Waals surface area contributed by atoms with Gasteiger partial charge in [0, 0.05) is 44.7 Å². The molecular formula is C25H29F3N2O2. The number of rotatable bonds is 6. The number of halogens is 3. The van der Waals surface area contributed by atoms with Gasteiger partial charge in [-0.3, -0.25) is 4.90 Å². The second-order valence-electron chi connectivity index (χ2n) is 9.26. The van der Waals surface area contributed by atoms with Crippen molar-refractivity contribution in [2.24, 2.45) is 5.41 Å². The van der Waals surface area contributed by atoms with Crippen LogP contribution in [0, 0.1) is 5.41 Å². The smallest absolute Gasteiger partial charge is 0.381 e. The molecule has 1 saturated carbocycles. The molecule has 2 aromatic carbocycles. The molecule has 2 heterocycles. The van der Waals surface area contributed by atoms with E-state index in [1.165, 1.54) is 6.07 Å². The molecule has 1 aliphatic carbocycles. The Morgan fingerprint density at radius 1 is 1.06 bits per heavy atom. The van der Waals surface area contributed by atoms with Gasteiger partial charge in [0.25, 0.3) is 0 Å². The maximum Gasteiger partial charge on any atom is 0.416 e. The highest BCUT2D eigenvalue weighted by atomic mass is 19.4. The zero-order valence-electron chi connectivity index (χ0n) is 18.1. The molecule has 3 aliphatic rings. The van der Waals surface area contributed by atoms with Crippen molar-refractivity contribution in [1.82, 2.24) is 10.2 Å². The minimum atomic E-state index is -4.38. The second-order valence-corrected chi connectivity index (χ2v) is 9.26. The van der Waals surface area contributed by atoms with Crippen molar-refractivity contribution in [2.45, 2.75) is 38.3 Å². The molecule has 2 atom stereocenters. The van der Waals surface area contributed by atoms with Gasteiger partial charge < -0.3 is 14.8 Å². The molecule has 0 aromatic heterocycles. The normalized spacial score (nSPS) is 26.0. The van der Waals surface area contributed by atoms with Gasteiger partial charge in [-0.2, -0.15) is 13.2 Å². The zero-order valence-corrected chi connectivity index (χ0v) is 18.1. The van der Waals surface area contributed by atoms with Crippen molar-refractivity contribution in [1.29, 1.82) is 0 Å². The Kier molecular flexibility index (Phi) is 6.01. The van der Waals surface area contributed by atoms with Gasteiger partial charge in [0.05, 0.1) is 24.9 Å². The van der Waals surface area contributed by atoms with Crippen LogP contribution in [0.2, 0.25) is 0 Å². The molecule has 32 heavy (non-hydrogen) atoms. The molecular weight excluding hydrogens is 417 g/mol. The van der Waals surface area contributed by atoms with Gasteiger partial charge >= 0.3 is 6.18 Å².